The number of sulfonamides is 1. The van der Waals surface area contributed by atoms with Gasteiger partial charge in [0.15, 0.2) is 5.03 Å². The summed E-state index contributed by atoms with van der Waals surface area (Å²) in [6.45, 7) is 1.55. The lowest BCUT2D eigenvalue weighted by Gasteiger charge is -2.07. The molecule has 1 heterocycles. The number of rotatable bonds is 3. The van der Waals surface area contributed by atoms with Crippen LogP contribution in [0.5, 0.6) is 0 Å². The number of carbonyl (C=O) groups is 1. The highest BCUT2D eigenvalue weighted by Gasteiger charge is 2.12. The minimum atomic E-state index is -3.83. The van der Waals surface area contributed by atoms with Gasteiger partial charge in [0, 0.05) is 0 Å². The number of aryl methyl sites for hydroxylation is 1. The fraction of sp³-hybridized carbons (Fsp3) is 0.250. The van der Waals surface area contributed by atoms with Crippen LogP contribution in [0, 0.1) is 6.92 Å². The summed E-state index contributed by atoms with van der Waals surface area (Å²) >= 11 is 5.31. The molecule has 0 spiro atoms. The van der Waals surface area contributed by atoms with Crippen molar-refractivity contribution < 1.29 is 13.2 Å². The molecule has 0 aliphatic rings. The SMILES string of the molecule is Cc1nc(S(N)(=O)=O)ccc1NC(=O)CCl. The minimum absolute atomic E-state index is 0.184. The van der Waals surface area contributed by atoms with E-state index in [1.165, 1.54) is 12.1 Å². The van der Waals surface area contributed by atoms with E-state index in [2.05, 4.69) is 10.3 Å². The molecule has 0 aromatic carbocycles. The molecular weight excluding hydrogens is 254 g/mol. The Morgan fingerprint density at radius 3 is 2.62 bits per heavy atom. The first-order valence-corrected chi connectivity index (χ1v) is 6.29. The summed E-state index contributed by atoms with van der Waals surface area (Å²) in [7, 11) is -3.83. The average Bonchev–Trinajstić information content (AvgIpc) is 2.19. The second-order valence-electron chi connectivity index (χ2n) is 3.01. The molecule has 1 rings (SSSR count). The molecule has 88 valence electrons. The van der Waals surface area contributed by atoms with Crippen LogP contribution in [0.1, 0.15) is 5.69 Å². The van der Waals surface area contributed by atoms with Gasteiger partial charge in [0.25, 0.3) is 10.0 Å². The van der Waals surface area contributed by atoms with E-state index in [-0.39, 0.29) is 10.9 Å². The highest BCUT2D eigenvalue weighted by atomic mass is 35.5. The molecule has 1 amide bonds. The highest BCUT2D eigenvalue weighted by Crippen LogP contribution is 2.14. The van der Waals surface area contributed by atoms with Gasteiger partial charge >= 0.3 is 0 Å². The Kier molecular flexibility index (Phi) is 3.84. The lowest BCUT2D eigenvalue weighted by molar-refractivity contribution is -0.113. The quantitative estimate of drug-likeness (QED) is 0.761. The van der Waals surface area contributed by atoms with Crippen LogP contribution in [0.3, 0.4) is 0 Å². The Balaban J connectivity index is 3.06. The molecule has 0 fully saturated rings. The van der Waals surface area contributed by atoms with Crippen molar-refractivity contribution in [2.75, 3.05) is 11.2 Å². The van der Waals surface area contributed by atoms with Crippen molar-refractivity contribution in [3.63, 3.8) is 0 Å². The zero-order valence-corrected chi connectivity index (χ0v) is 9.97. The van der Waals surface area contributed by atoms with Crippen molar-refractivity contribution in [1.29, 1.82) is 0 Å². The van der Waals surface area contributed by atoms with Crippen LogP contribution in [-0.4, -0.2) is 25.2 Å². The third kappa shape index (κ3) is 3.16. The summed E-state index contributed by atoms with van der Waals surface area (Å²) in [5.74, 6) is -0.578. The highest BCUT2D eigenvalue weighted by molar-refractivity contribution is 7.89. The molecule has 0 radical (unpaired) electrons. The molecule has 0 bridgehead atoms. The van der Waals surface area contributed by atoms with Crippen LogP contribution in [0.25, 0.3) is 0 Å². The molecule has 0 aliphatic heterocycles. The monoisotopic (exact) mass is 263 g/mol. The van der Waals surface area contributed by atoms with Gasteiger partial charge in [0.1, 0.15) is 5.88 Å². The van der Waals surface area contributed by atoms with Crippen molar-refractivity contribution >= 4 is 33.2 Å². The summed E-state index contributed by atoms with van der Waals surface area (Å²) in [5.41, 5.74) is 0.753. The summed E-state index contributed by atoms with van der Waals surface area (Å²) in [5, 5.41) is 7.13. The van der Waals surface area contributed by atoms with E-state index in [0.717, 1.165) is 0 Å². The zero-order chi connectivity index (χ0) is 12.3. The van der Waals surface area contributed by atoms with Gasteiger partial charge in [0.2, 0.25) is 5.91 Å². The first kappa shape index (κ1) is 12.9. The Bertz CT molecular complexity index is 515. The maximum Gasteiger partial charge on any atom is 0.255 e. The number of pyridine rings is 1. The number of amides is 1. The number of nitrogens with zero attached hydrogens (tertiary/aromatic N) is 1. The third-order valence-electron chi connectivity index (χ3n) is 1.75. The van der Waals surface area contributed by atoms with Crippen LogP contribution >= 0.6 is 11.6 Å². The molecule has 0 aliphatic carbocycles. The van der Waals surface area contributed by atoms with Crippen molar-refractivity contribution in [2.24, 2.45) is 5.14 Å². The summed E-state index contributed by atoms with van der Waals surface area (Å²) in [4.78, 5) is 14.8. The lowest BCUT2D eigenvalue weighted by Crippen LogP contribution is -2.17. The topological polar surface area (TPSA) is 102 Å². The number of nitrogens with one attached hydrogen (secondary N) is 1. The molecule has 16 heavy (non-hydrogen) atoms. The number of hydrogen-bond acceptors (Lipinski definition) is 4. The lowest BCUT2D eigenvalue weighted by atomic mass is 10.3. The maximum absolute atomic E-state index is 11.0. The van der Waals surface area contributed by atoms with Crippen LogP contribution in [0.2, 0.25) is 0 Å². The van der Waals surface area contributed by atoms with E-state index >= 15 is 0 Å². The van der Waals surface area contributed by atoms with E-state index in [4.69, 9.17) is 16.7 Å². The Morgan fingerprint density at radius 1 is 1.56 bits per heavy atom. The summed E-state index contributed by atoms with van der Waals surface area (Å²) in [6.07, 6.45) is 0. The Hall–Kier alpha value is -1.18. The van der Waals surface area contributed by atoms with Gasteiger partial charge in [-0.2, -0.15) is 0 Å². The number of aromatic nitrogens is 1. The first-order valence-electron chi connectivity index (χ1n) is 4.21. The third-order valence-corrected chi connectivity index (χ3v) is 2.80. The largest absolute Gasteiger partial charge is 0.323 e. The second-order valence-corrected chi connectivity index (χ2v) is 4.78. The Labute approximate surface area is 97.9 Å². The van der Waals surface area contributed by atoms with Crippen molar-refractivity contribution in [1.82, 2.24) is 4.98 Å². The van der Waals surface area contributed by atoms with E-state index < -0.39 is 15.9 Å². The van der Waals surface area contributed by atoms with Gasteiger partial charge in [-0.1, -0.05) is 0 Å². The van der Waals surface area contributed by atoms with Gasteiger partial charge in [-0.05, 0) is 19.1 Å². The molecule has 6 nitrogen and oxygen atoms in total. The van der Waals surface area contributed by atoms with Crippen LogP contribution in [0.4, 0.5) is 5.69 Å². The number of primary sulfonamides is 1. The van der Waals surface area contributed by atoms with Crippen LogP contribution < -0.4 is 10.5 Å². The van der Waals surface area contributed by atoms with E-state index in [9.17, 15) is 13.2 Å². The number of halogens is 1. The molecule has 0 unspecified atom stereocenters. The fourth-order valence-electron chi connectivity index (χ4n) is 1.01. The Morgan fingerprint density at radius 2 is 2.19 bits per heavy atom. The van der Waals surface area contributed by atoms with Gasteiger partial charge in [-0.15, -0.1) is 11.6 Å². The average molecular weight is 264 g/mol. The number of hydrogen-bond donors (Lipinski definition) is 2. The number of nitrogens with two attached hydrogens (primary N) is 1. The number of alkyl halides is 1. The molecule has 0 saturated heterocycles. The number of anilines is 1. The molecular formula is C8H10ClN3O3S. The van der Waals surface area contributed by atoms with Gasteiger partial charge < -0.3 is 5.32 Å². The fourth-order valence-corrected chi connectivity index (χ4v) is 1.60. The van der Waals surface area contributed by atoms with Crippen molar-refractivity contribution in [3.05, 3.63) is 17.8 Å². The van der Waals surface area contributed by atoms with E-state index in [0.29, 0.717) is 11.4 Å². The maximum atomic E-state index is 11.0. The minimum Gasteiger partial charge on any atom is -0.323 e. The van der Waals surface area contributed by atoms with Gasteiger partial charge in [-0.3, -0.25) is 4.79 Å². The summed E-state index contributed by atoms with van der Waals surface area (Å²) < 4.78 is 22.0. The predicted octanol–water partition coefficient (Wildman–Crippen LogP) is 0.215. The molecule has 0 saturated carbocycles. The molecule has 8 heteroatoms. The van der Waals surface area contributed by atoms with E-state index in [1.807, 2.05) is 0 Å². The second kappa shape index (κ2) is 4.77. The summed E-state index contributed by atoms with van der Waals surface area (Å²) in [6, 6.07) is 2.62. The van der Waals surface area contributed by atoms with Crippen molar-refractivity contribution in [3.8, 4) is 0 Å². The van der Waals surface area contributed by atoms with E-state index in [1.54, 1.807) is 6.92 Å². The molecule has 0 atom stereocenters. The molecule has 1 aromatic rings. The first-order chi connectivity index (χ1) is 7.34. The van der Waals surface area contributed by atoms with Crippen LogP contribution in [-0.2, 0) is 14.8 Å². The normalized spacial score (nSPS) is 11.2. The standard InChI is InChI=1S/C8H10ClN3O3S/c1-5-6(12-7(13)4-9)2-3-8(11-5)16(10,14)15/h2-3H,4H2,1H3,(H,12,13)(H2,10,14,15). The predicted molar refractivity (Wildman–Crippen MR) is 59.7 cm³/mol. The molecule has 3 N–H and O–H groups in total. The van der Waals surface area contributed by atoms with Gasteiger partial charge in [-0.25, -0.2) is 18.5 Å². The van der Waals surface area contributed by atoms with Crippen molar-refractivity contribution in [2.45, 2.75) is 11.9 Å². The zero-order valence-electron chi connectivity index (χ0n) is 8.40. The van der Waals surface area contributed by atoms with Gasteiger partial charge in [0.05, 0.1) is 11.4 Å². The number of carbonyl (C=O) groups excluding carboxylic acids is 1. The smallest absolute Gasteiger partial charge is 0.255 e. The molecule has 1 aromatic heterocycles. The van der Waals surface area contributed by atoms with Crippen LogP contribution in [0.15, 0.2) is 17.2 Å².